The van der Waals surface area contributed by atoms with Crippen LogP contribution < -0.4 is 20.1 Å². The number of guanidine groups is 1. The Morgan fingerprint density at radius 3 is 2.79 bits per heavy atom. The van der Waals surface area contributed by atoms with Crippen LogP contribution in [0.1, 0.15) is 27.7 Å². The van der Waals surface area contributed by atoms with Crippen LogP contribution in [0.4, 0.5) is 5.69 Å². The van der Waals surface area contributed by atoms with E-state index in [1.165, 1.54) is 0 Å². The number of benzene rings is 1. The van der Waals surface area contributed by atoms with Gasteiger partial charge in [-0.15, -0.1) is 24.0 Å². The monoisotopic (exact) mass is 506 g/mol. The van der Waals surface area contributed by atoms with Gasteiger partial charge in [0.05, 0.1) is 33.5 Å². The summed E-state index contributed by atoms with van der Waals surface area (Å²) < 4.78 is 16.5. The van der Waals surface area contributed by atoms with E-state index in [1.807, 2.05) is 25.1 Å². The summed E-state index contributed by atoms with van der Waals surface area (Å²) in [5.41, 5.74) is 0.905. The fourth-order valence-corrected chi connectivity index (χ4v) is 3.19. The molecular weight excluding hydrogens is 471 g/mol. The van der Waals surface area contributed by atoms with E-state index < -0.39 is 0 Å². The third-order valence-corrected chi connectivity index (χ3v) is 4.57. The average molecular weight is 506 g/mol. The Hall–Kier alpha value is -1.26. The van der Waals surface area contributed by atoms with Gasteiger partial charge in [-0.2, -0.15) is 0 Å². The van der Waals surface area contributed by atoms with Gasteiger partial charge < -0.3 is 24.8 Å². The van der Waals surface area contributed by atoms with Crippen molar-refractivity contribution in [2.45, 2.75) is 39.8 Å². The summed E-state index contributed by atoms with van der Waals surface area (Å²) in [5.74, 6) is 2.20. The molecule has 0 aliphatic carbocycles. The van der Waals surface area contributed by atoms with Crippen molar-refractivity contribution in [3.05, 3.63) is 18.2 Å². The second-order valence-corrected chi connectivity index (χ2v) is 6.65. The summed E-state index contributed by atoms with van der Waals surface area (Å²) >= 11 is 0. The SMILES string of the molecule is CCNC(=NCC(C)N1CCOCC1C)Nc1ccc(OCC)c(OC)c1.I. The molecule has 1 heterocycles. The van der Waals surface area contributed by atoms with Gasteiger partial charge in [0.1, 0.15) is 0 Å². The molecule has 0 aromatic heterocycles. The van der Waals surface area contributed by atoms with Gasteiger partial charge >= 0.3 is 0 Å². The second-order valence-electron chi connectivity index (χ2n) is 6.65. The predicted octanol–water partition coefficient (Wildman–Crippen LogP) is 3.20. The number of hydrogen-bond acceptors (Lipinski definition) is 5. The van der Waals surface area contributed by atoms with Gasteiger partial charge in [-0.25, -0.2) is 0 Å². The van der Waals surface area contributed by atoms with Crippen molar-refractivity contribution in [3.8, 4) is 11.5 Å². The quantitative estimate of drug-likeness (QED) is 0.321. The van der Waals surface area contributed by atoms with Gasteiger partial charge in [-0.3, -0.25) is 9.89 Å². The number of morpholine rings is 1. The zero-order valence-corrected chi connectivity index (χ0v) is 20.0. The maximum atomic E-state index is 5.58. The molecule has 2 unspecified atom stereocenters. The number of hydrogen-bond donors (Lipinski definition) is 2. The van der Waals surface area contributed by atoms with E-state index in [4.69, 9.17) is 19.2 Å². The number of halogens is 1. The van der Waals surface area contributed by atoms with Crippen molar-refractivity contribution >= 4 is 35.6 Å². The lowest BCUT2D eigenvalue weighted by Gasteiger charge is -2.37. The Kier molecular flexibility index (Phi) is 11.6. The average Bonchev–Trinajstić information content (AvgIpc) is 2.67. The smallest absolute Gasteiger partial charge is 0.195 e. The van der Waals surface area contributed by atoms with E-state index in [9.17, 15) is 0 Å². The fourth-order valence-electron chi connectivity index (χ4n) is 3.19. The fraction of sp³-hybridized carbons (Fsp3) is 0.650. The molecule has 0 radical (unpaired) electrons. The summed E-state index contributed by atoms with van der Waals surface area (Å²) in [5, 5.41) is 6.66. The number of anilines is 1. The molecule has 28 heavy (non-hydrogen) atoms. The van der Waals surface area contributed by atoms with Crippen molar-refractivity contribution in [2.24, 2.45) is 4.99 Å². The summed E-state index contributed by atoms with van der Waals surface area (Å²) in [7, 11) is 1.64. The molecular formula is C20H35IN4O3. The van der Waals surface area contributed by atoms with Crippen molar-refractivity contribution in [1.82, 2.24) is 10.2 Å². The van der Waals surface area contributed by atoms with Gasteiger partial charge in [-0.05, 0) is 39.8 Å². The molecule has 1 saturated heterocycles. The van der Waals surface area contributed by atoms with Crippen molar-refractivity contribution in [2.75, 3.05) is 51.9 Å². The Labute approximate surface area is 186 Å². The zero-order valence-electron chi connectivity index (χ0n) is 17.7. The highest BCUT2D eigenvalue weighted by atomic mass is 127. The zero-order chi connectivity index (χ0) is 19.6. The molecule has 2 atom stereocenters. The van der Waals surface area contributed by atoms with Gasteiger partial charge in [-0.1, -0.05) is 0 Å². The van der Waals surface area contributed by atoms with E-state index in [0.29, 0.717) is 31.0 Å². The first-order valence-electron chi connectivity index (χ1n) is 9.78. The van der Waals surface area contributed by atoms with Crippen molar-refractivity contribution in [1.29, 1.82) is 0 Å². The Balaban J connectivity index is 0.00000392. The van der Waals surface area contributed by atoms with Crippen LogP contribution in [0.3, 0.4) is 0 Å². The van der Waals surface area contributed by atoms with Crippen LogP contribution in [0.2, 0.25) is 0 Å². The molecule has 2 rings (SSSR count). The number of ether oxygens (including phenoxy) is 3. The van der Waals surface area contributed by atoms with Crippen LogP contribution in [0, 0.1) is 0 Å². The molecule has 0 amide bonds. The topological polar surface area (TPSA) is 67.4 Å². The first kappa shape index (κ1) is 24.8. The minimum Gasteiger partial charge on any atom is -0.493 e. The molecule has 1 aliphatic rings. The number of nitrogens with one attached hydrogen (secondary N) is 2. The van der Waals surface area contributed by atoms with Gasteiger partial charge in [0.2, 0.25) is 0 Å². The van der Waals surface area contributed by atoms with E-state index in [-0.39, 0.29) is 24.0 Å². The molecule has 0 saturated carbocycles. The highest BCUT2D eigenvalue weighted by molar-refractivity contribution is 14.0. The number of methoxy groups -OCH3 is 1. The van der Waals surface area contributed by atoms with Gasteiger partial charge in [0, 0.05) is 36.9 Å². The minimum absolute atomic E-state index is 0. The molecule has 160 valence electrons. The lowest BCUT2D eigenvalue weighted by Crippen LogP contribution is -2.49. The van der Waals surface area contributed by atoms with Crippen LogP contribution in [0.15, 0.2) is 23.2 Å². The third kappa shape index (κ3) is 7.29. The summed E-state index contributed by atoms with van der Waals surface area (Å²) in [6.07, 6.45) is 0. The molecule has 1 aromatic carbocycles. The van der Waals surface area contributed by atoms with E-state index in [2.05, 4.69) is 36.3 Å². The van der Waals surface area contributed by atoms with E-state index in [0.717, 1.165) is 43.7 Å². The largest absolute Gasteiger partial charge is 0.493 e. The van der Waals surface area contributed by atoms with Gasteiger partial charge in [0.25, 0.3) is 0 Å². The molecule has 0 bridgehead atoms. The van der Waals surface area contributed by atoms with Crippen LogP contribution in [0.5, 0.6) is 11.5 Å². The standard InChI is InChI=1S/C20H34N4O3.HI/c1-6-21-20(22-13-15(3)24-10-11-26-14-16(24)4)23-17-8-9-18(27-7-2)19(12-17)25-5;/h8-9,12,15-16H,6-7,10-11,13-14H2,1-5H3,(H2,21,22,23);1H. The summed E-state index contributed by atoms with van der Waals surface area (Å²) in [6, 6.07) is 6.58. The van der Waals surface area contributed by atoms with E-state index >= 15 is 0 Å². The van der Waals surface area contributed by atoms with Crippen LogP contribution >= 0.6 is 24.0 Å². The van der Waals surface area contributed by atoms with Crippen LogP contribution in [-0.2, 0) is 4.74 Å². The molecule has 8 heteroatoms. The number of aliphatic imine (C=N–C) groups is 1. The maximum Gasteiger partial charge on any atom is 0.195 e. The number of rotatable bonds is 8. The minimum atomic E-state index is 0. The molecule has 2 N–H and O–H groups in total. The molecule has 7 nitrogen and oxygen atoms in total. The molecule has 0 spiro atoms. The second kappa shape index (κ2) is 13.1. The number of nitrogens with zero attached hydrogens (tertiary/aromatic N) is 2. The highest BCUT2D eigenvalue weighted by Crippen LogP contribution is 2.30. The highest BCUT2D eigenvalue weighted by Gasteiger charge is 2.23. The van der Waals surface area contributed by atoms with Crippen molar-refractivity contribution < 1.29 is 14.2 Å². The first-order valence-corrected chi connectivity index (χ1v) is 9.78. The van der Waals surface area contributed by atoms with Crippen molar-refractivity contribution in [3.63, 3.8) is 0 Å². The van der Waals surface area contributed by atoms with Crippen LogP contribution in [0.25, 0.3) is 0 Å². The van der Waals surface area contributed by atoms with Gasteiger partial charge in [0.15, 0.2) is 17.5 Å². The first-order chi connectivity index (χ1) is 13.1. The molecule has 1 aliphatic heterocycles. The Morgan fingerprint density at radius 2 is 2.14 bits per heavy atom. The molecule has 1 aromatic rings. The molecule has 1 fully saturated rings. The van der Waals surface area contributed by atoms with E-state index in [1.54, 1.807) is 7.11 Å². The predicted molar refractivity (Wildman–Crippen MR) is 126 cm³/mol. The lowest BCUT2D eigenvalue weighted by atomic mass is 10.2. The maximum absolute atomic E-state index is 5.58. The lowest BCUT2D eigenvalue weighted by molar-refractivity contribution is -0.0165. The third-order valence-electron chi connectivity index (χ3n) is 4.57. The summed E-state index contributed by atoms with van der Waals surface area (Å²) in [6.45, 7) is 13.1. The Morgan fingerprint density at radius 1 is 1.36 bits per heavy atom. The normalized spacial score (nSPS) is 18.8. The Bertz CT molecular complexity index is 615. The summed E-state index contributed by atoms with van der Waals surface area (Å²) in [4.78, 5) is 7.23. The van der Waals surface area contributed by atoms with Crippen LogP contribution in [-0.4, -0.2) is 69.5 Å².